The predicted octanol–water partition coefficient (Wildman–Crippen LogP) is 2.34. The highest BCUT2D eigenvalue weighted by Gasteiger charge is 2.70. The first kappa shape index (κ1) is 17.0. The van der Waals surface area contributed by atoms with Gasteiger partial charge in [-0.15, -0.1) is 12.4 Å². The third-order valence-electron chi connectivity index (χ3n) is 6.23. The van der Waals surface area contributed by atoms with Gasteiger partial charge in [-0.3, -0.25) is 4.79 Å². The highest BCUT2D eigenvalue weighted by Crippen LogP contribution is 2.58. The second kappa shape index (κ2) is 5.71. The number of rotatable bonds is 2. The number of nitrogens with two attached hydrogens (primary N) is 1. The molecule has 1 heterocycles. The Kier molecular flexibility index (Phi) is 4.63. The Balaban J connectivity index is 0.00000161. The standard InChI is InChI=1S/C16H28N2O2.ClH/c1-15(2)13-12(9-6-10-20-13)16(15,17)14(19)18(3)11-7-4-5-8-11;/h11-13H,4-10,17H2,1-3H3;1H. The van der Waals surface area contributed by atoms with E-state index in [1.165, 1.54) is 12.8 Å². The topological polar surface area (TPSA) is 55.6 Å². The summed E-state index contributed by atoms with van der Waals surface area (Å²) in [4.78, 5) is 15.0. The van der Waals surface area contributed by atoms with Gasteiger partial charge in [-0.25, -0.2) is 0 Å². The molecule has 1 saturated heterocycles. The van der Waals surface area contributed by atoms with Gasteiger partial charge in [0, 0.05) is 31.0 Å². The second-order valence-electron chi connectivity index (χ2n) is 7.49. The van der Waals surface area contributed by atoms with Crippen LogP contribution in [0, 0.1) is 11.3 Å². The van der Waals surface area contributed by atoms with E-state index in [1.807, 2.05) is 11.9 Å². The molecule has 3 aliphatic rings. The summed E-state index contributed by atoms with van der Waals surface area (Å²) >= 11 is 0. The number of amides is 1. The molecule has 0 radical (unpaired) electrons. The molecular formula is C16H29ClN2O2. The van der Waals surface area contributed by atoms with E-state index in [-0.39, 0.29) is 35.8 Å². The van der Waals surface area contributed by atoms with Gasteiger partial charge < -0.3 is 15.4 Å². The summed E-state index contributed by atoms with van der Waals surface area (Å²) in [5.74, 6) is 0.337. The van der Waals surface area contributed by atoms with Gasteiger partial charge in [-0.05, 0) is 25.7 Å². The maximum Gasteiger partial charge on any atom is 0.243 e. The molecule has 0 spiro atoms. The quantitative estimate of drug-likeness (QED) is 0.850. The van der Waals surface area contributed by atoms with E-state index in [4.69, 9.17) is 10.5 Å². The lowest BCUT2D eigenvalue weighted by atomic mass is 9.46. The zero-order valence-corrected chi connectivity index (χ0v) is 14.2. The Hall–Kier alpha value is -0.320. The van der Waals surface area contributed by atoms with Gasteiger partial charge >= 0.3 is 0 Å². The Labute approximate surface area is 134 Å². The Morgan fingerprint density at radius 1 is 1.19 bits per heavy atom. The number of halogens is 1. The number of hydrogen-bond donors (Lipinski definition) is 1. The summed E-state index contributed by atoms with van der Waals surface area (Å²) in [5.41, 5.74) is 5.67. The fourth-order valence-electron chi connectivity index (χ4n) is 4.76. The van der Waals surface area contributed by atoms with Crippen LogP contribution >= 0.6 is 12.4 Å². The molecule has 1 amide bonds. The molecule has 5 heteroatoms. The van der Waals surface area contributed by atoms with E-state index in [0.29, 0.717) is 6.04 Å². The van der Waals surface area contributed by atoms with Gasteiger partial charge in [-0.2, -0.15) is 0 Å². The van der Waals surface area contributed by atoms with E-state index in [0.717, 1.165) is 32.3 Å². The van der Waals surface area contributed by atoms with Crippen molar-refractivity contribution in [2.45, 2.75) is 70.1 Å². The Bertz CT molecular complexity index is 409. The number of fused-ring (bicyclic) bond motifs is 1. The molecule has 3 unspecified atom stereocenters. The van der Waals surface area contributed by atoms with Crippen LogP contribution in [0.1, 0.15) is 52.4 Å². The maximum absolute atomic E-state index is 13.0. The molecule has 3 fully saturated rings. The van der Waals surface area contributed by atoms with Gasteiger partial charge in [0.2, 0.25) is 5.91 Å². The summed E-state index contributed by atoms with van der Waals surface area (Å²) in [7, 11) is 1.94. The van der Waals surface area contributed by atoms with Crippen LogP contribution in [0.3, 0.4) is 0 Å². The predicted molar refractivity (Wildman–Crippen MR) is 85.4 cm³/mol. The van der Waals surface area contributed by atoms with Crippen molar-refractivity contribution in [3.63, 3.8) is 0 Å². The van der Waals surface area contributed by atoms with Crippen LogP contribution in [0.2, 0.25) is 0 Å². The van der Waals surface area contributed by atoms with Crippen LogP contribution in [0.25, 0.3) is 0 Å². The van der Waals surface area contributed by atoms with Crippen molar-refractivity contribution in [2.24, 2.45) is 17.1 Å². The van der Waals surface area contributed by atoms with E-state index < -0.39 is 5.54 Å². The third-order valence-corrected chi connectivity index (χ3v) is 6.23. The summed E-state index contributed by atoms with van der Waals surface area (Å²) in [5, 5.41) is 0. The van der Waals surface area contributed by atoms with Crippen molar-refractivity contribution in [3.05, 3.63) is 0 Å². The molecule has 3 rings (SSSR count). The summed E-state index contributed by atoms with van der Waals surface area (Å²) < 4.78 is 5.89. The summed E-state index contributed by atoms with van der Waals surface area (Å²) in [6.07, 6.45) is 6.93. The van der Waals surface area contributed by atoms with Crippen molar-refractivity contribution < 1.29 is 9.53 Å². The molecule has 2 saturated carbocycles. The third kappa shape index (κ3) is 2.22. The minimum Gasteiger partial charge on any atom is -0.377 e. The monoisotopic (exact) mass is 316 g/mol. The van der Waals surface area contributed by atoms with Crippen molar-refractivity contribution in [1.29, 1.82) is 0 Å². The van der Waals surface area contributed by atoms with Crippen LogP contribution < -0.4 is 5.73 Å². The summed E-state index contributed by atoms with van der Waals surface area (Å²) in [6, 6.07) is 0.391. The molecule has 2 aliphatic carbocycles. The lowest BCUT2D eigenvalue weighted by molar-refractivity contribution is -0.230. The van der Waals surface area contributed by atoms with Crippen LogP contribution in [-0.4, -0.2) is 42.1 Å². The van der Waals surface area contributed by atoms with E-state index in [1.54, 1.807) is 0 Å². The fourth-order valence-corrected chi connectivity index (χ4v) is 4.76. The van der Waals surface area contributed by atoms with Crippen molar-refractivity contribution >= 4 is 18.3 Å². The van der Waals surface area contributed by atoms with Crippen molar-refractivity contribution in [2.75, 3.05) is 13.7 Å². The average molecular weight is 317 g/mol. The molecule has 3 atom stereocenters. The first-order valence-electron chi connectivity index (χ1n) is 8.08. The molecule has 0 bridgehead atoms. The number of carbonyl (C=O) groups excluding carboxylic acids is 1. The molecule has 21 heavy (non-hydrogen) atoms. The first-order chi connectivity index (χ1) is 9.40. The molecule has 0 aromatic heterocycles. The highest BCUT2D eigenvalue weighted by atomic mass is 35.5. The number of hydrogen-bond acceptors (Lipinski definition) is 3. The lowest BCUT2D eigenvalue weighted by Gasteiger charge is -2.65. The second-order valence-corrected chi connectivity index (χ2v) is 7.49. The van der Waals surface area contributed by atoms with Crippen LogP contribution in [0.4, 0.5) is 0 Å². The van der Waals surface area contributed by atoms with E-state index >= 15 is 0 Å². The average Bonchev–Trinajstić information content (AvgIpc) is 2.99. The summed E-state index contributed by atoms with van der Waals surface area (Å²) in [6.45, 7) is 5.01. The zero-order chi connectivity index (χ0) is 14.5. The number of ether oxygens (including phenoxy) is 1. The van der Waals surface area contributed by atoms with Crippen LogP contribution in [-0.2, 0) is 9.53 Å². The Morgan fingerprint density at radius 3 is 2.43 bits per heavy atom. The molecule has 0 aromatic rings. The normalized spacial score (nSPS) is 38.1. The minimum absolute atomic E-state index is 0. The largest absolute Gasteiger partial charge is 0.377 e. The van der Waals surface area contributed by atoms with Crippen molar-refractivity contribution in [1.82, 2.24) is 4.90 Å². The van der Waals surface area contributed by atoms with Crippen LogP contribution in [0.5, 0.6) is 0 Å². The van der Waals surface area contributed by atoms with Crippen LogP contribution in [0.15, 0.2) is 0 Å². The van der Waals surface area contributed by atoms with Crippen molar-refractivity contribution in [3.8, 4) is 0 Å². The lowest BCUT2D eigenvalue weighted by Crippen LogP contribution is -2.82. The Morgan fingerprint density at radius 2 is 1.81 bits per heavy atom. The molecule has 4 nitrogen and oxygen atoms in total. The molecular weight excluding hydrogens is 288 g/mol. The van der Waals surface area contributed by atoms with E-state index in [2.05, 4.69) is 13.8 Å². The molecule has 1 aliphatic heterocycles. The zero-order valence-electron chi connectivity index (χ0n) is 13.4. The van der Waals surface area contributed by atoms with Gasteiger partial charge in [0.15, 0.2) is 0 Å². The molecule has 0 aromatic carbocycles. The van der Waals surface area contributed by atoms with Gasteiger partial charge in [-0.1, -0.05) is 26.7 Å². The number of carbonyl (C=O) groups is 1. The van der Waals surface area contributed by atoms with E-state index in [9.17, 15) is 4.79 Å². The van der Waals surface area contributed by atoms with Gasteiger partial charge in [0.1, 0.15) is 5.54 Å². The maximum atomic E-state index is 13.0. The number of likely N-dealkylation sites (N-methyl/N-ethyl adjacent to an activating group) is 1. The van der Waals surface area contributed by atoms with Gasteiger partial charge in [0.05, 0.1) is 6.10 Å². The number of nitrogens with zero attached hydrogens (tertiary/aromatic N) is 1. The molecule has 2 N–H and O–H groups in total. The molecule has 122 valence electrons. The smallest absolute Gasteiger partial charge is 0.243 e. The first-order valence-corrected chi connectivity index (χ1v) is 8.08. The minimum atomic E-state index is -0.741. The SMILES string of the molecule is CN(C(=O)C1(N)C2CCCOC2C1(C)C)C1CCCC1.Cl. The fraction of sp³-hybridized carbons (Fsp3) is 0.938. The van der Waals surface area contributed by atoms with Gasteiger partial charge in [0.25, 0.3) is 0 Å². The highest BCUT2D eigenvalue weighted by molar-refractivity contribution is 5.89.